The van der Waals surface area contributed by atoms with Crippen LogP contribution in [0.4, 0.5) is 5.69 Å². The van der Waals surface area contributed by atoms with Crippen LogP contribution < -0.4 is 14.8 Å². The first-order chi connectivity index (χ1) is 14.5. The number of rotatable bonds is 7. The lowest BCUT2D eigenvalue weighted by Gasteiger charge is -2.26. The Balaban J connectivity index is 1.81. The van der Waals surface area contributed by atoms with Gasteiger partial charge >= 0.3 is 0 Å². The third kappa shape index (κ3) is 5.97. The summed E-state index contributed by atoms with van der Waals surface area (Å²) in [6.45, 7) is 5.56. The van der Waals surface area contributed by atoms with Gasteiger partial charge in [0.05, 0.1) is 14.2 Å². The molecule has 0 saturated heterocycles. The van der Waals surface area contributed by atoms with Gasteiger partial charge in [-0.3, -0.25) is 0 Å². The van der Waals surface area contributed by atoms with Crippen LogP contribution in [0.15, 0.2) is 66.7 Å². The van der Waals surface area contributed by atoms with Crippen LogP contribution in [0.1, 0.15) is 22.3 Å². The predicted octanol–water partition coefficient (Wildman–Crippen LogP) is 5.72. The van der Waals surface area contributed by atoms with Crippen LogP contribution in [0.5, 0.6) is 11.5 Å². The van der Waals surface area contributed by atoms with E-state index in [9.17, 15) is 0 Å². The fourth-order valence-corrected chi connectivity index (χ4v) is 3.60. The van der Waals surface area contributed by atoms with Crippen molar-refractivity contribution in [2.45, 2.75) is 26.9 Å². The summed E-state index contributed by atoms with van der Waals surface area (Å²) >= 11 is 5.80. The number of hydrogen-bond acceptors (Lipinski definition) is 3. The molecule has 0 aliphatic rings. The van der Waals surface area contributed by atoms with Gasteiger partial charge in [-0.25, -0.2) is 0 Å². The summed E-state index contributed by atoms with van der Waals surface area (Å²) in [7, 11) is 3.35. The van der Waals surface area contributed by atoms with E-state index >= 15 is 0 Å². The Kier molecular flexibility index (Phi) is 7.31. The third-order valence-electron chi connectivity index (χ3n) is 4.83. The maximum atomic E-state index is 5.80. The summed E-state index contributed by atoms with van der Waals surface area (Å²) in [4.78, 5) is 2.16. The molecule has 5 heteroatoms. The number of ether oxygens (including phenoxy) is 2. The Morgan fingerprint density at radius 2 is 1.20 bits per heavy atom. The lowest BCUT2D eigenvalue weighted by Crippen LogP contribution is -2.33. The quantitative estimate of drug-likeness (QED) is 0.495. The van der Waals surface area contributed by atoms with Gasteiger partial charge in [-0.05, 0) is 84.7 Å². The molecule has 30 heavy (non-hydrogen) atoms. The van der Waals surface area contributed by atoms with Crippen LogP contribution >= 0.6 is 12.2 Å². The summed E-state index contributed by atoms with van der Waals surface area (Å²) in [5.41, 5.74) is 5.74. The first kappa shape index (κ1) is 21.7. The van der Waals surface area contributed by atoms with E-state index in [-0.39, 0.29) is 0 Å². The number of anilines is 1. The van der Waals surface area contributed by atoms with Crippen LogP contribution in [-0.4, -0.2) is 24.2 Å². The highest BCUT2D eigenvalue weighted by molar-refractivity contribution is 7.80. The Morgan fingerprint density at radius 3 is 1.60 bits per heavy atom. The molecular weight excluding hydrogens is 392 g/mol. The number of benzene rings is 3. The van der Waals surface area contributed by atoms with Gasteiger partial charge in [0.2, 0.25) is 0 Å². The number of nitrogens with one attached hydrogen (secondary N) is 1. The lowest BCUT2D eigenvalue weighted by atomic mass is 10.1. The number of hydrogen-bond donors (Lipinski definition) is 1. The first-order valence-electron chi connectivity index (χ1n) is 9.87. The molecule has 0 aliphatic heterocycles. The molecule has 0 aliphatic carbocycles. The second-order valence-electron chi connectivity index (χ2n) is 7.36. The minimum Gasteiger partial charge on any atom is -0.497 e. The molecule has 0 spiro atoms. The van der Waals surface area contributed by atoms with E-state index in [4.69, 9.17) is 21.7 Å². The molecule has 0 radical (unpaired) electrons. The normalized spacial score (nSPS) is 10.4. The van der Waals surface area contributed by atoms with Gasteiger partial charge in [0.25, 0.3) is 0 Å². The van der Waals surface area contributed by atoms with Crippen LogP contribution in [0.2, 0.25) is 0 Å². The van der Waals surface area contributed by atoms with Gasteiger partial charge in [0, 0.05) is 18.8 Å². The maximum absolute atomic E-state index is 5.80. The molecule has 0 aromatic heterocycles. The smallest absolute Gasteiger partial charge is 0.174 e. The average Bonchev–Trinajstić information content (AvgIpc) is 2.73. The maximum Gasteiger partial charge on any atom is 0.174 e. The average molecular weight is 421 g/mol. The van der Waals surface area contributed by atoms with E-state index in [1.807, 2.05) is 24.3 Å². The standard InChI is InChI=1S/C25H28N2O2S/c1-18-13-19(2)15-22(14-18)26-25(30)27(16-20-5-9-23(28-3)10-6-20)17-21-7-11-24(29-4)12-8-21/h5-15H,16-17H2,1-4H3,(H,26,30). The summed E-state index contributed by atoms with van der Waals surface area (Å²) < 4.78 is 10.6. The number of aryl methyl sites for hydroxylation is 2. The van der Waals surface area contributed by atoms with E-state index in [0.29, 0.717) is 18.2 Å². The highest BCUT2D eigenvalue weighted by Crippen LogP contribution is 2.19. The lowest BCUT2D eigenvalue weighted by molar-refractivity contribution is 0.404. The van der Waals surface area contributed by atoms with Gasteiger partial charge in [-0.15, -0.1) is 0 Å². The Labute approximate surface area is 184 Å². The van der Waals surface area contributed by atoms with Crippen molar-refractivity contribution < 1.29 is 9.47 Å². The largest absolute Gasteiger partial charge is 0.497 e. The molecule has 3 aromatic rings. The van der Waals surface area contributed by atoms with Crippen molar-refractivity contribution >= 4 is 23.0 Å². The molecule has 0 heterocycles. The Hall–Kier alpha value is -3.05. The molecule has 3 rings (SSSR count). The molecule has 0 unspecified atom stereocenters. The van der Waals surface area contributed by atoms with Gasteiger partial charge in [-0.1, -0.05) is 30.3 Å². The van der Waals surface area contributed by atoms with Crippen molar-refractivity contribution in [1.82, 2.24) is 4.90 Å². The van der Waals surface area contributed by atoms with E-state index in [2.05, 4.69) is 66.5 Å². The minimum atomic E-state index is 0.687. The SMILES string of the molecule is COc1ccc(CN(Cc2ccc(OC)cc2)C(=S)Nc2cc(C)cc(C)c2)cc1. The summed E-state index contributed by atoms with van der Waals surface area (Å²) in [6, 6.07) is 22.5. The molecule has 0 atom stereocenters. The summed E-state index contributed by atoms with van der Waals surface area (Å²) in [6.07, 6.45) is 0. The number of methoxy groups -OCH3 is 2. The van der Waals surface area contributed by atoms with E-state index in [1.54, 1.807) is 14.2 Å². The minimum absolute atomic E-state index is 0.687. The zero-order chi connectivity index (χ0) is 21.5. The van der Waals surface area contributed by atoms with Crippen molar-refractivity contribution in [1.29, 1.82) is 0 Å². The molecule has 3 aromatic carbocycles. The zero-order valence-electron chi connectivity index (χ0n) is 17.9. The molecule has 1 N–H and O–H groups in total. The van der Waals surface area contributed by atoms with Crippen molar-refractivity contribution in [3.63, 3.8) is 0 Å². The highest BCUT2D eigenvalue weighted by Gasteiger charge is 2.13. The van der Waals surface area contributed by atoms with Gasteiger partial charge in [0.15, 0.2) is 5.11 Å². The second-order valence-corrected chi connectivity index (χ2v) is 7.75. The highest BCUT2D eigenvalue weighted by atomic mass is 32.1. The number of nitrogens with zero attached hydrogens (tertiary/aromatic N) is 1. The topological polar surface area (TPSA) is 33.7 Å². The molecule has 0 amide bonds. The van der Waals surface area contributed by atoms with Crippen molar-refractivity contribution in [2.24, 2.45) is 0 Å². The number of thiocarbonyl (C=S) groups is 1. The monoisotopic (exact) mass is 420 g/mol. The van der Waals surface area contributed by atoms with Gasteiger partial charge < -0.3 is 19.7 Å². The van der Waals surface area contributed by atoms with Crippen LogP contribution in [0, 0.1) is 13.8 Å². The third-order valence-corrected chi connectivity index (χ3v) is 5.19. The van der Waals surface area contributed by atoms with Crippen molar-refractivity contribution in [2.75, 3.05) is 19.5 Å². The fraction of sp³-hybridized carbons (Fsp3) is 0.240. The molecule has 0 bridgehead atoms. The van der Waals surface area contributed by atoms with Crippen molar-refractivity contribution in [3.05, 3.63) is 89.0 Å². The zero-order valence-corrected chi connectivity index (χ0v) is 18.8. The van der Waals surface area contributed by atoms with Crippen LogP contribution in [0.3, 0.4) is 0 Å². The fourth-order valence-electron chi connectivity index (χ4n) is 3.35. The van der Waals surface area contributed by atoms with Crippen molar-refractivity contribution in [3.8, 4) is 11.5 Å². The first-order valence-corrected chi connectivity index (χ1v) is 10.3. The molecule has 156 valence electrons. The molecule has 4 nitrogen and oxygen atoms in total. The summed E-state index contributed by atoms with van der Waals surface area (Å²) in [5, 5.41) is 4.10. The Bertz CT molecular complexity index is 915. The Morgan fingerprint density at radius 1 is 0.767 bits per heavy atom. The van der Waals surface area contributed by atoms with Crippen LogP contribution in [0.25, 0.3) is 0 Å². The van der Waals surface area contributed by atoms with Gasteiger partial charge in [0.1, 0.15) is 11.5 Å². The summed E-state index contributed by atoms with van der Waals surface area (Å²) in [5.74, 6) is 1.69. The van der Waals surface area contributed by atoms with Gasteiger partial charge in [-0.2, -0.15) is 0 Å². The molecule has 0 fully saturated rings. The molecular formula is C25H28N2O2S. The van der Waals surface area contributed by atoms with E-state index in [1.165, 1.54) is 11.1 Å². The predicted molar refractivity (Wildman–Crippen MR) is 127 cm³/mol. The van der Waals surface area contributed by atoms with Crippen LogP contribution in [-0.2, 0) is 13.1 Å². The second kappa shape index (κ2) is 10.1. The molecule has 0 saturated carbocycles. The van der Waals surface area contributed by atoms with E-state index < -0.39 is 0 Å². The van der Waals surface area contributed by atoms with E-state index in [0.717, 1.165) is 28.3 Å².